The number of benzene rings is 1. The van der Waals surface area contributed by atoms with Crippen molar-refractivity contribution < 1.29 is 22.3 Å². The molecule has 0 fully saturated rings. The summed E-state index contributed by atoms with van der Waals surface area (Å²) in [5.41, 5.74) is 5.63. The normalized spacial score (nSPS) is 18.5. The molecule has 1 unspecified atom stereocenters. The number of hydrogen-bond donors (Lipinski definition) is 1. The van der Waals surface area contributed by atoms with E-state index < -0.39 is 27.8 Å². The minimum atomic E-state index is -4.95. The second-order valence-electron chi connectivity index (χ2n) is 7.13. The number of aromatic nitrogens is 3. The second kappa shape index (κ2) is 7.41. The highest BCUT2D eigenvalue weighted by Crippen LogP contribution is 2.41. The van der Waals surface area contributed by atoms with E-state index in [-0.39, 0.29) is 23.4 Å². The predicted molar refractivity (Wildman–Crippen MR) is 110 cm³/mol. The number of methoxy groups -OCH3 is 1. The lowest BCUT2D eigenvalue weighted by atomic mass is 10.1. The maximum Gasteiger partial charge on any atom is 0.425 e. The van der Waals surface area contributed by atoms with Crippen LogP contribution in [0.25, 0.3) is 5.69 Å². The van der Waals surface area contributed by atoms with Gasteiger partial charge in [-0.05, 0) is 30.2 Å². The molecule has 0 radical (unpaired) electrons. The molecule has 0 spiro atoms. The summed E-state index contributed by atoms with van der Waals surface area (Å²) in [5.74, 6) is -1.50. The molecule has 2 aromatic heterocycles. The van der Waals surface area contributed by atoms with Crippen LogP contribution >= 0.6 is 0 Å². The molecule has 0 saturated heterocycles. The first-order valence-electron chi connectivity index (χ1n) is 9.28. The van der Waals surface area contributed by atoms with E-state index in [2.05, 4.69) is 20.1 Å². The molecule has 1 aliphatic rings. The van der Waals surface area contributed by atoms with Crippen molar-refractivity contribution in [2.45, 2.75) is 13.1 Å². The van der Waals surface area contributed by atoms with Gasteiger partial charge < -0.3 is 15.0 Å². The van der Waals surface area contributed by atoms with E-state index in [1.165, 1.54) is 14.2 Å². The largest absolute Gasteiger partial charge is 0.479 e. The number of hydrogen-bond acceptors (Lipinski definition) is 6. The summed E-state index contributed by atoms with van der Waals surface area (Å²) < 4.78 is 61.0. The van der Waals surface area contributed by atoms with Crippen LogP contribution in [0, 0.1) is 12.7 Å². The molecule has 32 heavy (non-hydrogen) atoms. The number of ether oxygens (including phenoxy) is 1. The topological polar surface area (TPSA) is 90.7 Å². The lowest BCUT2D eigenvalue weighted by Crippen LogP contribution is -2.49. The highest BCUT2D eigenvalue weighted by atomic mass is 19.4. The first-order chi connectivity index (χ1) is 15.0. The maximum absolute atomic E-state index is 14.1. The van der Waals surface area contributed by atoms with Gasteiger partial charge in [-0.25, -0.2) is 14.4 Å². The molecule has 0 amide bonds. The maximum atomic E-state index is 14.1. The third-order valence-corrected chi connectivity index (χ3v) is 4.96. The van der Waals surface area contributed by atoms with Crippen LogP contribution in [0.3, 0.4) is 0 Å². The van der Waals surface area contributed by atoms with Gasteiger partial charge in [-0.1, -0.05) is 6.07 Å². The summed E-state index contributed by atoms with van der Waals surface area (Å²) in [5, 5.41) is 4.26. The summed E-state index contributed by atoms with van der Waals surface area (Å²) in [7, 11) is 2.71. The van der Waals surface area contributed by atoms with E-state index in [0.29, 0.717) is 5.69 Å². The van der Waals surface area contributed by atoms with Gasteiger partial charge in [-0.15, -0.1) is 9.58 Å². The molecular formula is C20H18F4N7O+. The average Bonchev–Trinajstić information content (AvgIpc) is 3.30. The van der Waals surface area contributed by atoms with Crippen LogP contribution in [0.4, 0.5) is 23.2 Å². The zero-order valence-electron chi connectivity index (χ0n) is 17.2. The Labute approximate surface area is 179 Å². The van der Waals surface area contributed by atoms with Crippen molar-refractivity contribution in [3.63, 3.8) is 0 Å². The lowest BCUT2D eigenvalue weighted by Gasteiger charge is -2.24. The Bertz CT molecular complexity index is 1270. The molecule has 3 heterocycles. The zero-order chi connectivity index (χ0) is 23.3. The number of guanidine groups is 1. The molecule has 12 heteroatoms. The van der Waals surface area contributed by atoms with Gasteiger partial charge in [0.15, 0.2) is 11.3 Å². The van der Waals surface area contributed by atoms with E-state index in [9.17, 15) is 17.6 Å². The van der Waals surface area contributed by atoms with E-state index in [1.807, 2.05) is 6.92 Å². The van der Waals surface area contributed by atoms with Crippen LogP contribution in [-0.2, 0) is 6.18 Å². The Hall–Kier alpha value is -3.80. The number of nitrogens with zero attached hydrogens (tertiary/aromatic N) is 6. The van der Waals surface area contributed by atoms with Crippen molar-refractivity contribution in [3.8, 4) is 11.6 Å². The molecule has 1 atom stereocenters. The van der Waals surface area contributed by atoms with Crippen molar-refractivity contribution in [1.29, 1.82) is 0 Å². The molecule has 2 N–H and O–H groups in total. The van der Waals surface area contributed by atoms with Crippen molar-refractivity contribution >= 4 is 17.5 Å². The Morgan fingerprint density at radius 1 is 1.16 bits per heavy atom. The summed E-state index contributed by atoms with van der Waals surface area (Å²) in [6.07, 6.45) is -1.58. The van der Waals surface area contributed by atoms with Gasteiger partial charge >= 0.3 is 12.1 Å². The van der Waals surface area contributed by atoms with Crippen LogP contribution in [0.15, 0.2) is 52.9 Å². The number of aryl methyl sites for hydroxylation is 1. The van der Waals surface area contributed by atoms with Crippen molar-refractivity contribution in [2.24, 2.45) is 15.8 Å². The Morgan fingerprint density at radius 3 is 2.53 bits per heavy atom. The number of halogens is 4. The molecule has 3 aromatic rings. The molecule has 0 aliphatic carbocycles. The molecule has 0 saturated carbocycles. The summed E-state index contributed by atoms with van der Waals surface area (Å²) in [6, 6.07) is 6.26. The minimum absolute atomic E-state index is 0.0194. The second-order valence-corrected chi connectivity index (χ2v) is 7.13. The highest BCUT2D eigenvalue weighted by Gasteiger charge is 2.48. The monoisotopic (exact) mass is 448 g/mol. The van der Waals surface area contributed by atoms with Gasteiger partial charge in [-0.2, -0.15) is 13.2 Å². The first kappa shape index (κ1) is 21.4. The smallest absolute Gasteiger partial charge is 0.425 e. The number of amidine groups is 1. The minimum Gasteiger partial charge on any atom is -0.479 e. The number of nitrogens with two attached hydrogens (primary N) is 1. The number of imidazole rings is 1. The quantitative estimate of drug-likeness (QED) is 0.490. The number of aliphatic imine (C=N–C) groups is 1. The zero-order valence-corrected chi connectivity index (χ0v) is 17.2. The standard InChI is InChI=1S/C20H18F4N7O/c1-11-9-30(10-26-11)14-8-7-13(27-18(14)32-3)17-28-19(25)31(2,29-17)15-6-4-5-12(21)16(15)20(22,23)24/h4-10H,1-3H3,(H2,25,28,29)/q+1. The van der Waals surface area contributed by atoms with Crippen LogP contribution in [0.5, 0.6) is 5.88 Å². The Kier molecular flexibility index (Phi) is 4.96. The Morgan fingerprint density at radius 2 is 1.91 bits per heavy atom. The molecule has 4 rings (SSSR count). The average molecular weight is 448 g/mol. The van der Waals surface area contributed by atoms with Crippen molar-refractivity contribution in [3.05, 3.63) is 65.6 Å². The third kappa shape index (κ3) is 3.47. The van der Waals surface area contributed by atoms with Crippen molar-refractivity contribution in [1.82, 2.24) is 19.1 Å². The molecule has 1 aromatic carbocycles. The van der Waals surface area contributed by atoms with E-state index in [4.69, 9.17) is 10.5 Å². The predicted octanol–water partition coefficient (Wildman–Crippen LogP) is 3.37. The summed E-state index contributed by atoms with van der Waals surface area (Å²) >= 11 is 0. The van der Waals surface area contributed by atoms with Gasteiger partial charge in [0.1, 0.15) is 24.2 Å². The van der Waals surface area contributed by atoms with Crippen molar-refractivity contribution in [2.75, 3.05) is 14.2 Å². The SMILES string of the molecule is COc1nc(C2=N[N+](C)(c3cccc(F)c3C(F)(F)F)C(N)=N2)ccc1-n1cnc(C)c1. The molecular weight excluding hydrogens is 430 g/mol. The molecule has 1 aliphatic heterocycles. The summed E-state index contributed by atoms with van der Waals surface area (Å²) in [6.45, 7) is 1.83. The van der Waals surface area contributed by atoms with Gasteiger partial charge in [0.2, 0.25) is 11.7 Å². The van der Waals surface area contributed by atoms with Gasteiger partial charge in [0, 0.05) is 12.3 Å². The third-order valence-electron chi connectivity index (χ3n) is 4.96. The number of alkyl halides is 3. The lowest BCUT2D eigenvalue weighted by molar-refractivity contribution is -0.140. The Balaban J connectivity index is 1.81. The summed E-state index contributed by atoms with van der Waals surface area (Å²) in [4.78, 5) is 12.6. The number of rotatable bonds is 4. The molecule has 166 valence electrons. The van der Waals surface area contributed by atoms with Gasteiger partial charge in [0.05, 0.1) is 19.1 Å². The van der Waals surface area contributed by atoms with Gasteiger partial charge in [0.25, 0.3) is 0 Å². The van der Waals surface area contributed by atoms with E-state index >= 15 is 0 Å². The fourth-order valence-corrected chi connectivity index (χ4v) is 3.37. The van der Waals surface area contributed by atoms with Gasteiger partial charge in [-0.3, -0.25) is 0 Å². The van der Waals surface area contributed by atoms with Crippen LogP contribution in [0.2, 0.25) is 0 Å². The number of quaternary nitrogens is 1. The van der Waals surface area contributed by atoms with E-state index in [1.54, 1.807) is 29.2 Å². The van der Waals surface area contributed by atoms with E-state index in [0.717, 1.165) is 23.9 Å². The number of pyridine rings is 1. The van der Waals surface area contributed by atoms with Crippen LogP contribution < -0.4 is 15.1 Å². The highest BCUT2D eigenvalue weighted by molar-refractivity contribution is 6.11. The molecule has 8 nitrogen and oxygen atoms in total. The fourth-order valence-electron chi connectivity index (χ4n) is 3.37. The molecule has 0 bridgehead atoms. The van der Waals surface area contributed by atoms with Crippen LogP contribution in [0.1, 0.15) is 17.0 Å². The fraction of sp³-hybridized carbons (Fsp3) is 0.200. The van der Waals surface area contributed by atoms with Crippen LogP contribution in [-0.4, -0.2) is 40.5 Å². The first-order valence-corrected chi connectivity index (χ1v) is 9.28.